The van der Waals surface area contributed by atoms with Crippen molar-refractivity contribution in [2.24, 2.45) is 11.8 Å². The van der Waals surface area contributed by atoms with Gasteiger partial charge in [-0.05, 0) is 71.8 Å². The first-order valence-electron chi connectivity index (χ1n) is 13.1. The van der Waals surface area contributed by atoms with Crippen LogP contribution in [0.5, 0.6) is 34.5 Å². The first kappa shape index (κ1) is 27.0. The third kappa shape index (κ3) is 5.18. The number of benzene rings is 3. The molecule has 6 unspecified atom stereocenters. The maximum Gasteiger partial charge on any atom is 0.231 e. The first-order chi connectivity index (χ1) is 18.8. The lowest BCUT2D eigenvalue weighted by Gasteiger charge is -2.23. The van der Waals surface area contributed by atoms with Crippen LogP contribution in [-0.2, 0) is 4.74 Å². The molecule has 0 bridgehead atoms. The Morgan fingerprint density at radius 1 is 0.718 bits per heavy atom. The molecule has 6 atom stereocenters. The normalized spacial score (nSPS) is 23.3. The van der Waals surface area contributed by atoms with Crippen molar-refractivity contribution in [3.63, 3.8) is 0 Å². The molecule has 0 saturated carbocycles. The lowest BCUT2D eigenvalue weighted by atomic mass is 9.85. The number of aliphatic hydroxyl groups excluding tert-OH is 1. The Bertz CT molecular complexity index is 1310. The molecule has 2 heterocycles. The molecule has 8 nitrogen and oxygen atoms in total. The number of fused-ring (bicyclic) bond motifs is 1. The molecule has 0 radical (unpaired) electrons. The molecule has 2 aliphatic heterocycles. The Balaban J connectivity index is 1.32. The van der Waals surface area contributed by atoms with Gasteiger partial charge in [-0.25, -0.2) is 0 Å². The predicted octanol–water partition coefficient (Wildman–Crippen LogP) is 6.03. The molecule has 3 aromatic carbocycles. The Morgan fingerprint density at radius 2 is 1.28 bits per heavy atom. The van der Waals surface area contributed by atoms with Crippen molar-refractivity contribution in [1.82, 2.24) is 0 Å². The average Bonchev–Trinajstić information content (AvgIpc) is 3.56. The van der Waals surface area contributed by atoms with Crippen LogP contribution in [0.15, 0.2) is 54.6 Å². The molecule has 2 aliphatic rings. The van der Waals surface area contributed by atoms with Gasteiger partial charge in [-0.1, -0.05) is 32.0 Å². The summed E-state index contributed by atoms with van der Waals surface area (Å²) in [7, 11) is 4.87. The summed E-state index contributed by atoms with van der Waals surface area (Å²) in [6.07, 6.45) is -1.63. The van der Waals surface area contributed by atoms with Crippen molar-refractivity contribution in [3.05, 3.63) is 71.3 Å². The second-order valence-electron chi connectivity index (χ2n) is 10.1. The zero-order chi connectivity index (χ0) is 27.7. The molecule has 1 N–H and O–H groups in total. The Kier molecular flexibility index (Phi) is 7.77. The summed E-state index contributed by atoms with van der Waals surface area (Å²) in [6.45, 7) is 6.42. The van der Waals surface area contributed by atoms with Gasteiger partial charge < -0.3 is 38.3 Å². The summed E-state index contributed by atoms with van der Waals surface area (Å²) in [5.41, 5.74) is 2.74. The zero-order valence-corrected chi connectivity index (χ0v) is 23.2. The van der Waals surface area contributed by atoms with E-state index in [1.165, 1.54) is 0 Å². The van der Waals surface area contributed by atoms with Crippen LogP contribution in [0.1, 0.15) is 55.8 Å². The fourth-order valence-corrected chi connectivity index (χ4v) is 5.34. The minimum absolute atomic E-state index is 0.0939. The highest BCUT2D eigenvalue weighted by atomic mass is 16.7. The Hall–Kier alpha value is -3.62. The summed E-state index contributed by atoms with van der Waals surface area (Å²) < 4.78 is 40.2. The summed E-state index contributed by atoms with van der Waals surface area (Å²) >= 11 is 0. The monoisotopic (exact) mass is 536 g/mol. The first-order valence-corrected chi connectivity index (χ1v) is 13.1. The van der Waals surface area contributed by atoms with Crippen LogP contribution in [0.3, 0.4) is 0 Å². The van der Waals surface area contributed by atoms with Gasteiger partial charge in [0.15, 0.2) is 34.5 Å². The maximum atomic E-state index is 10.9. The highest BCUT2D eigenvalue weighted by Crippen LogP contribution is 2.51. The van der Waals surface area contributed by atoms with Gasteiger partial charge in [0, 0.05) is 0 Å². The number of methoxy groups -OCH3 is 3. The van der Waals surface area contributed by atoms with E-state index in [4.69, 9.17) is 33.2 Å². The molecule has 8 heteroatoms. The third-order valence-corrected chi connectivity index (χ3v) is 7.83. The van der Waals surface area contributed by atoms with Gasteiger partial charge in [0.2, 0.25) is 6.79 Å². The topological polar surface area (TPSA) is 84.8 Å². The summed E-state index contributed by atoms with van der Waals surface area (Å²) in [4.78, 5) is 0. The standard InChI is InChI=1S/C31H36O8/c1-17-18(2)31(39-30(17)21-8-10-23(33-4)26(14-21)34-5)22-9-12-25(27(15-22)35-6)38-19(3)29(32)20-7-11-24-28(13-20)37-16-36-24/h7-15,17-19,29-32H,16H2,1-6H3. The van der Waals surface area contributed by atoms with Crippen LogP contribution >= 0.6 is 0 Å². The molecule has 0 spiro atoms. The van der Waals surface area contributed by atoms with Crippen molar-refractivity contribution in [1.29, 1.82) is 0 Å². The number of hydrogen-bond acceptors (Lipinski definition) is 8. The van der Waals surface area contributed by atoms with E-state index in [9.17, 15) is 5.11 Å². The average molecular weight is 537 g/mol. The van der Waals surface area contributed by atoms with E-state index in [1.54, 1.807) is 33.5 Å². The van der Waals surface area contributed by atoms with Crippen molar-refractivity contribution in [3.8, 4) is 34.5 Å². The summed E-state index contributed by atoms with van der Waals surface area (Å²) in [5, 5.41) is 10.9. The lowest BCUT2D eigenvalue weighted by molar-refractivity contribution is 0.0284. The van der Waals surface area contributed by atoms with Crippen molar-refractivity contribution in [2.45, 2.75) is 45.2 Å². The zero-order valence-electron chi connectivity index (χ0n) is 23.2. The van der Waals surface area contributed by atoms with E-state index in [2.05, 4.69) is 13.8 Å². The summed E-state index contributed by atoms with van der Waals surface area (Å²) in [6, 6.07) is 17.2. The molecule has 1 fully saturated rings. The van der Waals surface area contributed by atoms with E-state index in [-0.39, 0.29) is 30.8 Å². The number of aliphatic hydroxyl groups is 1. The van der Waals surface area contributed by atoms with Gasteiger partial charge in [0.25, 0.3) is 0 Å². The molecule has 5 rings (SSSR count). The molecule has 3 aromatic rings. The molecular formula is C31H36O8. The Morgan fingerprint density at radius 3 is 1.90 bits per heavy atom. The highest BCUT2D eigenvalue weighted by molar-refractivity contribution is 5.47. The van der Waals surface area contributed by atoms with Gasteiger partial charge in [-0.3, -0.25) is 0 Å². The second-order valence-corrected chi connectivity index (χ2v) is 10.1. The SMILES string of the molecule is COc1ccc(C2OC(c3ccc(OC(C)C(O)c4ccc5c(c4)OCO5)c(OC)c3)C(C)C2C)cc1OC. The van der Waals surface area contributed by atoms with E-state index in [1.807, 2.05) is 49.4 Å². The van der Waals surface area contributed by atoms with Crippen LogP contribution in [0.25, 0.3) is 0 Å². The molecule has 1 saturated heterocycles. The van der Waals surface area contributed by atoms with Gasteiger partial charge >= 0.3 is 0 Å². The van der Waals surface area contributed by atoms with E-state index in [0.29, 0.717) is 40.1 Å². The number of rotatable bonds is 9. The largest absolute Gasteiger partial charge is 0.493 e. The quantitative estimate of drug-likeness (QED) is 0.355. The third-order valence-electron chi connectivity index (χ3n) is 7.83. The molecule has 208 valence electrons. The molecule has 39 heavy (non-hydrogen) atoms. The van der Waals surface area contributed by atoms with E-state index < -0.39 is 12.2 Å². The summed E-state index contributed by atoms with van der Waals surface area (Å²) in [5.74, 6) is 4.31. The van der Waals surface area contributed by atoms with E-state index in [0.717, 1.165) is 11.1 Å². The van der Waals surface area contributed by atoms with Gasteiger partial charge in [0.1, 0.15) is 12.2 Å². The molecule has 0 amide bonds. The second kappa shape index (κ2) is 11.2. The fraction of sp³-hybridized carbons (Fsp3) is 0.419. The Labute approximate surface area is 229 Å². The van der Waals surface area contributed by atoms with Crippen LogP contribution in [-0.4, -0.2) is 39.3 Å². The fourth-order valence-electron chi connectivity index (χ4n) is 5.34. The van der Waals surface area contributed by atoms with Crippen molar-refractivity contribution >= 4 is 0 Å². The smallest absolute Gasteiger partial charge is 0.231 e. The minimum Gasteiger partial charge on any atom is -0.493 e. The minimum atomic E-state index is -0.870. The number of ether oxygens (including phenoxy) is 7. The molecular weight excluding hydrogens is 500 g/mol. The number of hydrogen-bond donors (Lipinski definition) is 1. The maximum absolute atomic E-state index is 10.9. The molecule has 0 aromatic heterocycles. The highest BCUT2D eigenvalue weighted by Gasteiger charge is 2.41. The van der Waals surface area contributed by atoms with Gasteiger partial charge in [-0.15, -0.1) is 0 Å². The van der Waals surface area contributed by atoms with E-state index >= 15 is 0 Å². The van der Waals surface area contributed by atoms with Crippen LogP contribution in [0, 0.1) is 11.8 Å². The van der Waals surface area contributed by atoms with Crippen molar-refractivity contribution < 1.29 is 38.3 Å². The predicted molar refractivity (Wildman–Crippen MR) is 145 cm³/mol. The van der Waals surface area contributed by atoms with Crippen LogP contribution in [0.4, 0.5) is 0 Å². The lowest BCUT2D eigenvalue weighted by Crippen LogP contribution is -2.22. The van der Waals surface area contributed by atoms with Gasteiger partial charge in [-0.2, -0.15) is 0 Å². The van der Waals surface area contributed by atoms with Crippen LogP contribution < -0.4 is 28.4 Å². The molecule has 0 aliphatic carbocycles. The van der Waals surface area contributed by atoms with Crippen LogP contribution in [0.2, 0.25) is 0 Å². The van der Waals surface area contributed by atoms with Gasteiger partial charge in [0.05, 0.1) is 33.5 Å². The van der Waals surface area contributed by atoms with Crippen molar-refractivity contribution in [2.75, 3.05) is 28.1 Å².